The maximum atomic E-state index is 4.33. The zero-order valence-corrected chi connectivity index (χ0v) is 20.8. The number of guanidine groups is 1. The van der Waals surface area contributed by atoms with E-state index in [2.05, 4.69) is 82.0 Å². The van der Waals surface area contributed by atoms with Gasteiger partial charge in [0.1, 0.15) is 0 Å². The number of nitrogens with zero attached hydrogens (tertiary/aromatic N) is 4. The van der Waals surface area contributed by atoms with Crippen LogP contribution in [0.1, 0.15) is 45.2 Å². The summed E-state index contributed by atoms with van der Waals surface area (Å²) < 4.78 is 2.07. The molecular formula is C22H37IN6. The minimum Gasteiger partial charge on any atom is -0.356 e. The molecule has 1 aromatic carbocycles. The molecule has 0 atom stereocenters. The SMILES string of the molecule is CN=C(NCCCN(C(C)C)C(C)C)NCc1ccc(Cn2ccnc2)cc1.I. The Hall–Kier alpha value is -1.61. The highest BCUT2D eigenvalue weighted by molar-refractivity contribution is 14.0. The number of imidazole rings is 1. The lowest BCUT2D eigenvalue weighted by Crippen LogP contribution is -2.41. The second-order valence-electron chi connectivity index (χ2n) is 7.68. The molecule has 0 saturated heterocycles. The van der Waals surface area contributed by atoms with E-state index in [0.717, 1.165) is 38.6 Å². The highest BCUT2D eigenvalue weighted by Gasteiger charge is 2.12. The van der Waals surface area contributed by atoms with E-state index in [1.54, 1.807) is 6.20 Å². The Bertz CT molecular complexity index is 687. The Kier molecular flexibility index (Phi) is 11.9. The third-order valence-corrected chi connectivity index (χ3v) is 4.84. The van der Waals surface area contributed by atoms with Gasteiger partial charge in [-0.1, -0.05) is 24.3 Å². The van der Waals surface area contributed by atoms with Crippen molar-refractivity contribution in [1.29, 1.82) is 0 Å². The smallest absolute Gasteiger partial charge is 0.191 e. The van der Waals surface area contributed by atoms with Crippen molar-refractivity contribution in [3.63, 3.8) is 0 Å². The molecule has 6 nitrogen and oxygen atoms in total. The third kappa shape index (κ3) is 9.16. The first-order valence-corrected chi connectivity index (χ1v) is 10.2. The number of hydrogen-bond donors (Lipinski definition) is 2. The van der Waals surface area contributed by atoms with Crippen molar-refractivity contribution in [3.8, 4) is 0 Å². The summed E-state index contributed by atoms with van der Waals surface area (Å²) in [5.41, 5.74) is 2.51. The van der Waals surface area contributed by atoms with Crippen molar-refractivity contribution in [3.05, 3.63) is 54.1 Å². The summed E-state index contributed by atoms with van der Waals surface area (Å²) in [5, 5.41) is 6.81. The fraction of sp³-hybridized carbons (Fsp3) is 0.545. The fourth-order valence-electron chi connectivity index (χ4n) is 3.34. The molecule has 0 unspecified atom stereocenters. The van der Waals surface area contributed by atoms with Gasteiger partial charge in [0, 0.05) is 57.7 Å². The van der Waals surface area contributed by atoms with Crippen molar-refractivity contribution >= 4 is 29.9 Å². The van der Waals surface area contributed by atoms with Crippen molar-refractivity contribution in [2.75, 3.05) is 20.1 Å². The molecule has 2 rings (SSSR count). The van der Waals surface area contributed by atoms with E-state index in [1.165, 1.54) is 11.1 Å². The number of nitrogens with one attached hydrogen (secondary N) is 2. The Labute approximate surface area is 193 Å². The van der Waals surface area contributed by atoms with E-state index < -0.39 is 0 Å². The van der Waals surface area contributed by atoms with Gasteiger partial charge in [0.25, 0.3) is 0 Å². The standard InChI is InChI=1S/C22H36N6.HI/c1-18(2)28(19(3)4)13-6-11-25-22(23-5)26-15-20-7-9-21(10-8-20)16-27-14-12-24-17-27;/h7-10,12,14,17-19H,6,11,13,15-16H2,1-5H3,(H2,23,25,26);1H. The molecule has 7 heteroatoms. The first-order chi connectivity index (χ1) is 13.5. The number of hydrogen-bond acceptors (Lipinski definition) is 3. The van der Waals surface area contributed by atoms with Crippen LogP contribution in [0, 0.1) is 0 Å². The van der Waals surface area contributed by atoms with Crippen LogP contribution in [0.2, 0.25) is 0 Å². The highest BCUT2D eigenvalue weighted by atomic mass is 127. The molecule has 0 spiro atoms. The Morgan fingerprint density at radius 3 is 2.28 bits per heavy atom. The second-order valence-corrected chi connectivity index (χ2v) is 7.68. The van der Waals surface area contributed by atoms with E-state index >= 15 is 0 Å². The maximum absolute atomic E-state index is 4.33. The van der Waals surface area contributed by atoms with Gasteiger partial charge in [0.2, 0.25) is 0 Å². The van der Waals surface area contributed by atoms with Gasteiger partial charge in [-0.3, -0.25) is 9.89 Å². The van der Waals surface area contributed by atoms with Crippen LogP contribution < -0.4 is 10.6 Å². The van der Waals surface area contributed by atoms with Crippen molar-refractivity contribution in [1.82, 2.24) is 25.1 Å². The van der Waals surface area contributed by atoms with E-state index in [-0.39, 0.29) is 24.0 Å². The zero-order valence-electron chi connectivity index (χ0n) is 18.4. The Balaban J connectivity index is 0.00000420. The van der Waals surface area contributed by atoms with Gasteiger partial charge in [-0.2, -0.15) is 0 Å². The minimum absolute atomic E-state index is 0. The summed E-state index contributed by atoms with van der Waals surface area (Å²) in [4.78, 5) is 10.9. The summed E-state index contributed by atoms with van der Waals surface area (Å²) in [6.07, 6.45) is 6.72. The first kappa shape index (κ1) is 25.4. The molecule has 0 aliphatic rings. The summed E-state index contributed by atoms with van der Waals surface area (Å²) in [7, 11) is 1.82. The maximum Gasteiger partial charge on any atom is 0.191 e. The molecule has 162 valence electrons. The van der Waals surface area contributed by atoms with E-state index in [1.807, 2.05) is 19.6 Å². The van der Waals surface area contributed by atoms with Crippen molar-refractivity contribution in [2.45, 2.75) is 59.3 Å². The van der Waals surface area contributed by atoms with Crippen LogP contribution in [0.25, 0.3) is 0 Å². The average molecular weight is 512 g/mol. The topological polar surface area (TPSA) is 57.5 Å². The zero-order chi connectivity index (χ0) is 20.4. The van der Waals surface area contributed by atoms with Gasteiger partial charge in [0.15, 0.2) is 5.96 Å². The van der Waals surface area contributed by atoms with E-state index in [4.69, 9.17) is 0 Å². The van der Waals surface area contributed by atoms with Crippen LogP contribution >= 0.6 is 24.0 Å². The van der Waals surface area contributed by atoms with Crippen LogP contribution in [0.4, 0.5) is 0 Å². The lowest BCUT2D eigenvalue weighted by atomic mass is 10.1. The molecule has 0 saturated carbocycles. The van der Waals surface area contributed by atoms with Crippen LogP contribution in [0.3, 0.4) is 0 Å². The molecule has 29 heavy (non-hydrogen) atoms. The number of halogens is 1. The molecule has 1 heterocycles. The van der Waals surface area contributed by atoms with Crippen molar-refractivity contribution in [2.24, 2.45) is 4.99 Å². The number of aliphatic imine (C=N–C) groups is 1. The van der Waals surface area contributed by atoms with Gasteiger partial charge in [-0.25, -0.2) is 4.98 Å². The lowest BCUT2D eigenvalue weighted by molar-refractivity contribution is 0.173. The Morgan fingerprint density at radius 2 is 1.72 bits per heavy atom. The predicted octanol–water partition coefficient (Wildman–Crippen LogP) is 3.72. The number of benzene rings is 1. The van der Waals surface area contributed by atoms with Crippen LogP contribution in [-0.4, -0.2) is 52.6 Å². The van der Waals surface area contributed by atoms with Gasteiger partial charge in [0.05, 0.1) is 6.33 Å². The molecular weight excluding hydrogens is 475 g/mol. The highest BCUT2D eigenvalue weighted by Crippen LogP contribution is 2.07. The number of rotatable bonds is 10. The normalized spacial score (nSPS) is 11.8. The van der Waals surface area contributed by atoms with Crippen molar-refractivity contribution < 1.29 is 0 Å². The molecule has 2 aromatic rings. The summed E-state index contributed by atoms with van der Waals surface area (Å²) in [6, 6.07) is 9.81. The van der Waals surface area contributed by atoms with Crippen LogP contribution in [0.5, 0.6) is 0 Å². The van der Waals surface area contributed by atoms with Gasteiger partial charge in [-0.05, 0) is 45.2 Å². The molecule has 2 N–H and O–H groups in total. The summed E-state index contributed by atoms with van der Waals surface area (Å²) in [6.45, 7) is 12.7. The monoisotopic (exact) mass is 512 g/mol. The largest absolute Gasteiger partial charge is 0.356 e. The van der Waals surface area contributed by atoms with Gasteiger partial charge >= 0.3 is 0 Å². The second kappa shape index (κ2) is 13.6. The average Bonchev–Trinajstić information content (AvgIpc) is 3.17. The van der Waals surface area contributed by atoms with Gasteiger partial charge in [-0.15, -0.1) is 24.0 Å². The molecule has 0 radical (unpaired) electrons. The molecule has 1 aromatic heterocycles. The Morgan fingerprint density at radius 1 is 1.07 bits per heavy atom. The van der Waals surface area contributed by atoms with Crippen LogP contribution in [0.15, 0.2) is 48.0 Å². The molecule has 0 aliphatic heterocycles. The fourth-order valence-corrected chi connectivity index (χ4v) is 3.34. The predicted molar refractivity (Wildman–Crippen MR) is 133 cm³/mol. The van der Waals surface area contributed by atoms with E-state index in [9.17, 15) is 0 Å². The minimum atomic E-state index is 0. The van der Waals surface area contributed by atoms with Gasteiger partial charge < -0.3 is 15.2 Å². The lowest BCUT2D eigenvalue weighted by Gasteiger charge is -2.30. The quantitative estimate of drug-likeness (QED) is 0.221. The molecule has 0 amide bonds. The third-order valence-electron chi connectivity index (χ3n) is 4.84. The van der Waals surface area contributed by atoms with Crippen LogP contribution in [-0.2, 0) is 13.1 Å². The summed E-state index contributed by atoms with van der Waals surface area (Å²) in [5.74, 6) is 0.850. The molecule has 0 fully saturated rings. The molecule has 0 bridgehead atoms. The summed E-state index contributed by atoms with van der Waals surface area (Å²) >= 11 is 0. The number of aromatic nitrogens is 2. The van der Waals surface area contributed by atoms with E-state index in [0.29, 0.717) is 12.1 Å². The molecule has 0 aliphatic carbocycles. The first-order valence-electron chi connectivity index (χ1n) is 10.2.